The molecule has 0 atom stereocenters. The summed E-state index contributed by atoms with van der Waals surface area (Å²) in [6.07, 6.45) is 0.104. The number of halogens is 1. The molecule has 0 aliphatic heterocycles. The maximum absolute atomic E-state index is 11.6. The van der Waals surface area contributed by atoms with Gasteiger partial charge in [0.1, 0.15) is 10.8 Å². The van der Waals surface area contributed by atoms with Crippen LogP contribution in [0.4, 0.5) is 0 Å². The van der Waals surface area contributed by atoms with E-state index in [1.54, 1.807) is 12.1 Å². The Morgan fingerprint density at radius 2 is 2.06 bits per heavy atom. The molecule has 1 aromatic rings. The molecular formula is C12H16ClNO3. The Kier molecular flexibility index (Phi) is 4.34. The summed E-state index contributed by atoms with van der Waals surface area (Å²) in [5.74, 6) is 0.0919. The average molecular weight is 258 g/mol. The molecule has 0 unspecified atom stereocenters. The van der Waals surface area contributed by atoms with E-state index >= 15 is 0 Å². The topological polar surface area (TPSA) is 48.4 Å². The van der Waals surface area contributed by atoms with E-state index in [0.29, 0.717) is 11.4 Å². The van der Waals surface area contributed by atoms with E-state index in [0.717, 1.165) is 0 Å². The lowest BCUT2D eigenvalue weighted by atomic mass is 10.1. The fourth-order valence-electron chi connectivity index (χ4n) is 1.23. The zero-order valence-electron chi connectivity index (χ0n) is 10.4. The molecule has 5 heteroatoms. The van der Waals surface area contributed by atoms with Gasteiger partial charge in [0.25, 0.3) is 0 Å². The predicted octanol–water partition coefficient (Wildman–Crippen LogP) is 2.63. The van der Waals surface area contributed by atoms with Crippen molar-refractivity contribution in [2.45, 2.75) is 32.8 Å². The van der Waals surface area contributed by atoms with E-state index in [2.05, 4.69) is 4.98 Å². The number of pyridine rings is 1. The lowest BCUT2D eigenvalue weighted by Gasteiger charge is -2.19. The van der Waals surface area contributed by atoms with Crippen molar-refractivity contribution in [2.24, 2.45) is 0 Å². The fourth-order valence-corrected chi connectivity index (χ4v) is 1.44. The van der Waals surface area contributed by atoms with Gasteiger partial charge in [-0.15, -0.1) is 0 Å². The van der Waals surface area contributed by atoms with Crippen LogP contribution in [0, 0.1) is 0 Å². The monoisotopic (exact) mass is 257 g/mol. The highest BCUT2D eigenvalue weighted by atomic mass is 35.5. The van der Waals surface area contributed by atoms with Gasteiger partial charge in [-0.05, 0) is 20.8 Å². The minimum absolute atomic E-state index is 0.104. The van der Waals surface area contributed by atoms with Crippen molar-refractivity contribution in [3.63, 3.8) is 0 Å². The average Bonchev–Trinajstić information content (AvgIpc) is 2.18. The van der Waals surface area contributed by atoms with Crippen LogP contribution in [0.5, 0.6) is 5.88 Å². The summed E-state index contributed by atoms with van der Waals surface area (Å²) in [5, 5.41) is 0.259. The quantitative estimate of drug-likeness (QED) is 0.617. The Morgan fingerprint density at radius 1 is 1.41 bits per heavy atom. The van der Waals surface area contributed by atoms with Crippen LogP contribution < -0.4 is 4.74 Å². The van der Waals surface area contributed by atoms with Gasteiger partial charge >= 0.3 is 5.97 Å². The summed E-state index contributed by atoms with van der Waals surface area (Å²) < 4.78 is 10.1. The van der Waals surface area contributed by atoms with Crippen LogP contribution in [0.2, 0.25) is 5.15 Å². The third-order valence-electron chi connectivity index (χ3n) is 1.86. The number of carbonyl (C=O) groups is 1. The number of carbonyl (C=O) groups excluding carboxylic acids is 1. The molecule has 94 valence electrons. The number of aromatic nitrogens is 1. The van der Waals surface area contributed by atoms with Crippen LogP contribution in [0.1, 0.15) is 26.3 Å². The van der Waals surface area contributed by atoms with Gasteiger partial charge in [0.15, 0.2) is 0 Å². The summed E-state index contributed by atoms with van der Waals surface area (Å²) in [6, 6.07) is 3.36. The molecule has 1 aromatic heterocycles. The third-order valence-corrected chi connectivity index (χ3v) is 2.19. The molecule has 1 rings (SSSR count). The first kappa shape index (κ1) is 13.8. The standard InChI is InChI=1S/C12H16ClNO3/c1-12(2,3)17-10(15)7-8-5-6-9(16-4)14-11(8)13/h5-6H,7H2,1-4H3. The number of hydrogen-bond acceptors (Lipinski definition) is 4. The molecule has 0 saturated carbocycles. The Hall–Kier alpha value is -1.29. The molecule has 0 N–H and O–H groups in total. The highest BCUT2D eigenvalue weighted by molar-refractivity contribution is 6.30. The number of ether oxygens (including phenoxy) is 2. The number of nitrogens with zero attached hydrogens (tertiary/aromatic N) is 1. The smallest absolute Gasteiger partial charge is 0.310 e. The van der Waals surface area contributed by atoms with Crippen LogP contribution >= 0.6 is 11.6 Å². The lowest BCUT2D eigenvalue weighted by Crippen LogP contribution is -2.25. The molecule has 17 heavy (non-hydrogen) atoms. The van der Waals surface area contributed by atoms with E-state index in [-0.39, 0.29) is 17.5 Å². The summed E-state index contributed by atoms with van der Waals surface area (Å²) >= 11 is 5.92. The van der Waals surface area contributed by atoms with Crippen molar-refractivity contribution < 1.29 is 14.3 Å². The van der Waals surface area contributed by atoms with E-state index in [9.17, 15) is 4.79 Å². The first-order chi connectivity index (χ1) is 7.81. The molecule has 0 radical (unpaired) electrons. The van der Waals surface area contributed by atoms with Gasteiger partial charge in [0.05, 0.1) is 13.5 Å². The Bertz CT molecular complexity index is 413. The van der Waals surface area contributed by atoms with Crippen molar-refractivity contribution in [3.8, 4) is 5.88 Å². The largest absolute Gasteiger partial charge is 0.481 e. The van der Waals surface area contributed by atoms with Crippen LogP contribution in [-0.4, -0.2) is 23.7 Å². The van der Waals surface area contributed by atoms with Gasteiger partial charge < -0.3 is 9.47 Å². The SMILES string of the molecule is COc1ccc(CC(=O)OC(C)(C)C)c(Cl)n1. The van der Waals surface area contributed by atoms with Crippen LogP contribution in [0.3, 0.4) is 0 Å². The maximum atomic E-state index is 11.6. The fraction of sp³-hybridized carbons (Fsp3) is 0.500. The maximum Gasteiger partial charge on any atom is 0.310 e. The van der Waals surface area contributed by atoms with Crippen molar-refractivity contribution in [3.05, 3.63) is 22.8 Å². The summed E-state index contributed by atoms with van der Waals surface area (Å²) in [6.45, 7) is 5.45. The normalized spacial score (nSPS) is 11.1. The van der Waals surface area contributed by atoms with Crippen LogP contribution in [0.15, 0.2) is 12.1 Å². The minimum atomic E-state index is -0.497. The van der Waals surface area contributed by atoms with Gasteiger partial charge in [-0.3, -0.25) is 4.79 Å². The summed E-state index contributed by atoms with van der Waals surface area (Å²) in [4.78, 5) is 15.6. The van der Waals surface area contributed by atoms with Crippen molar-refractivity contribution in [1.82, 2.24) is 4.98 Å². The molecule has 0 saturated heterocycles. The molecule has 0 aliphatic carbocycles. The number of rotatable bonds is 3. The highest BCUT2D eigenvalue weighted by Gasteiger charge is 2.17. The predicted molar refractivity (Wildman–Crippen MR) is 65.3 cm³/mol. The molecule has 0 amide bonds. The molecule has 0 bridgehead atoms. The van der Waals surface area contributed by atoms with Gasteiger partial charge in [-0.25, -0.2) is 4.98 Å². The van der Waals surface area contributed by atoms with Gasteiger partial charge in [0.2, 0.25) is 5.88 Å². The summed E-state index contributed by atoms with van der Waals surface area (Å²) in [7, 11) is 1.51. The van der Waals surface area contributed by atoms with E-state index in [1.165, 1.54) is 7.11 Å². The third kappa shape index (κ3) is 4.61. The highest BCUT2D eigenvalue weighted by Crippen LogP contribution is 2.19. The number of hydrogen-bond donors (Lipinski definition) is 0. The van der Waals surface area contributed by atoms with Crippen molar-refractivity contribution >= 4 is 17.6 Å². The summed E-state index contributed by atoms with van der Waals surface area (Å²) in [5.41, 5.74) is 0.130. The van der Waals surface area contributed by atoms with E-state index < -0.39 is 5.60 Å². The Labute approximate surface area is 106 Å². The molecule has 0 aliphatic rings. The van der Waals surface area contributed by atoms with Crippen LogP contribution in [-0.2, 0) is 16.0 Å². The molecule has 0 fully saturated rings. The minimum Gasteiger partial charge on any atom is -0.481 e. The second kappa shape index (κ2) is 5.36. The molecule has 4 nitrogen and oxygen atoms in total. The zero-order valence-corrected chi connectivity index (χ0v) is 11.2. The number of methoxy groups -OCH3 is 1. The molecule has 0 aromatic carbocycles. The molecule has 1 heterocycles. The Morgan fingerprint density at radius 3 is 2.53 bits per heavy atom. The molecular weight excluding hydrogens is 242 g/mol. The molecule has 0 spiro atoms. The lowest BCUT2D eigenvalue weighted by molar-refractivity contribution is -0.153. The number of esters is 1. The van der Waals surface area contributed by atoms with E-state index in [1.807, 2.05) is 20.8 Å². The first-order valence-corrected chi connectivity index (χ1v) is 5.61. The Balaban J connectivity index is 2.72. The van der Waals surface area contributed by atoms with E-state index in [4.69, 9.17) is 21.1 Å². The van der Waals surface area contributed by atoms with Gasteiger partial charge in [0, 0.05) is 11.6 Å². The first-order valence-electron chi connectivity index (χ1n) is 5.23. The van der Waals surface area contributed by atoms with Gasteiger partial charge in [-0.1, -0.05) is 17.7 Å². The van der Waals surface area contributed by atoms with Crippen LogP contribution in [0.25, 0.3) is 0 Å². The van der Waals surface area contributed by atoms with Crippen molar-refractivity contribution in [1.29, 1.82) is 0 Å². The second-order valence-electron chi connectivity index (χ2n) is 4.57. The van der Waals surface area contributed by atoms with Crippen molar-refractivity contribution in [2.75, 3.05) is 7.11 Å². The van der Waals surface area contributed by atoms with Gasteiger partial charge in [-0.2, -0.15) is 0 Å². The zero-order chi connectivity index (χ0) is 13.1. The second-order valence-corrected chi connectivity index (χ2v) is 4.92.